The molecule has 34 heavy (non-hydrogen) atoms. The molecule has 6 rings (SSSR count). The average molecular weight is 461 g/mol. The highest BCUT2D eigenvalue weighted by atomic mass is 16.1. The molecule has 0 spiro atoms. The summed E-state index contributed by atoms with van der Waals surface area (Å²) in [5.74, 6) is 2.17. The number of nitrogens with one attached hydrogen (secondary N) is 3. The molecule has 0 aliphatic heterocycles. The molecule has 2 saturated carbocycles. The van der Waals surface area contributed by atoms with E-state index in [1.54, 1.807) is 21.2 Å². The van der Waals surface area contributed by atoms with Crippen molar-refractivity contribution < 1.29 is 9.59 Å². The summed E-state index contributed by atoms with van der Waals surface area (Å²) < 4.78 is 3.17. The first-order chi connectivity index (χ1) is 16.6. The maximum Gasteiger partial charge on any atom is 0.247 e. The fourth-order valence-electron chi connectivity index (χ4n) is 3.31. The average Bonchev–Trinajstić information content (AvgIpc) is 3.74. The van der Waals surface area contributed by atoms with Gasteiger partial charge in [-0.15, -0.1) is 0 Å². The third-order valence-corrected chi connectivity index (χ3v) is 5.27. The molecule has 0 aromatic carbocycles. The molecule has 4 heterocycles. The van der Waals surface area contributed by atoms with E-state index in [1.807, 2.05) is 0 Å². The molecule has 0 bridgehead atoms. The Morgan fingerprint density at radius 2 is 1.47 bits per heavy atom. The maximum atomic E-state index is 10.9. The van der Waals surface area contributed by atoms with Crippen molar-refractivity contribution in [2.75, 3.05) is 16.4 Å². The van der Waals surface area contributed by atoms with Crippen LogP contribution in [0.25, 0.3) is 11.3 Å². The van der Waals surface area contributed by atoms with Gasteiger partial charge in [0, 0.05) is 24.2 Å². The Labute approximate surface area is 191 Å². The number of fused-ring (bicyclic) bond motifs is 2. The van der Waals surface area contributed by atoms with Crippen molar-refractivity contribution >= 4 is 47.1 Å². The smallest absolute Gasteiger partial charge is 0.247 e. The fourth-order valence-corrected chi connectivity index (χ4v) is 3.31. The first kappa shape index (κ1) is 21.2. The number of carbonyl (C=O) groups is 2. The van der Waals surface area contributed by atoms with Crippen LogP contribution in [-0.4, -0.2) is 53.9 Å². The monoisotopic (exact) mass is 461 g/mol. The lowest BCUT2D eigenvalue weighted by Crippen LogP contribution is -2.09. The van der Waals surface area contributed by atoms with Gasteiger partial charge in [0.15, 0.2) is 29.0 Å². The van der Waals surface area contributed by atoms with E-state index in [9.17, 15) is 9.59 Å². The normalized spacial score (nSPS) is 14.7. The zero-order valence-corrected chi connectivity index (χ0v) is 17.9. The first-order valence-corrected chi connectivity index (χ1v) is 10.6. The topological polar surface area (TPSA) is 195 Å². The van der Waals surface area contributed by atoms with Gasteiger partial charge in [-0.05, 0) is 25.7 Å². The third kappa shape index (κ3) is 4.29. The van der Waals surface area contributed by atoms with Crippen LogP contribution < -0.4 is 21.3 Å². The van der Waals surface area contributed by atoms with Gasteiger partial charge in [0.25, 0.3) is 0 Å². The summed E-state index contributed by atoms with van der Waals surface area (Å²) >= 11 is 0. The molecule has 172 valence electrons. The summed E-state index contributed by atoms with van der Waals surface area (Å²) in [6.45, 7) is 0. The highest BCUT2D eigenvalue weighted by Gasteiger charge is 2.24. The van der Waals surface area contributed by atoms with E-state index in [2.05, 4.69) is 40.8 Å². The molecular weight excluding hydrogens is 440 g/mol. The van der Waals surface area contributed by atoms with Crippen LogP contribution in [0.1, 0.15) is 46.4 Å². The molecule has 4 aromatic rings. The molecule has 0 radical (unpaired) electrons. The number of carbonyl (C=O) groups excluding carboxylic acids is 2. The molecule has 0 unspecified atom stereocenters. The van der Waals surface area contributed by atoms with Gasteiger partial charge in [0.05, 0.1) is 23.5 Å². The molecule has 2 aliphatic carbocycles. The summed E-state index contributed by atoms with van der Waals surface area (Å²) in [7, 11) is 0. The molecule has 0 saturated heterocycles. The van der Waals surface area contributed by atoms with E-state index in [0.29, 0.717) is 52.4 Å². The summed E-state index contributed by atoms with van der Waals surface area (Å²) in [5.41, 5.74) is 14.2. The standard InChI is InChI=1S/C10H9N7O.C10H11N5O/c11-16-15-8-3-9(13-7-1-2-7)17-10(14-8)6(5-18)4-12-17;11-8-3-9(13-7-1-2-7)15-10(14-8)6(5-16)4-12-15/h3-5,7H,1-2H2,(H-,11,12,13,14,15,18);3-5,7,13H,1-2H2,(H2,11,14)/p+1. The first-order valence-electron chi connectivity index (χ1n) is 10.6. The van der Waals surface area contributed by atoms with Gasteiger partial charge >= 0.3 is 0 Å². The number of nitrogens with two attached hydrogens (primary N) is 1. The highest BCUT2D eigenvalue weighted by molar-refractivity contribution is 5.85. The Morgan fingerprint density at radius 1 is 0.941 bits per heavy atom. The fraction of sp³-hybridized carbons (Fsp3) is 0.300. The van der Waals surface area contributed by atoms with E-state index in [1.165, 1.54) is 12.4 Å². The Balaban J connectivity index is 0.000000142. The maximum absolute atomic E-state index is 10.9. The summed E-state index contributed by atoms with van der Waals surface area (Å²) in [6.07, 6.45) is 8.91. The van der Waals surface area contributed by atoms with Crippen molar-refractivity contribution in [3.05, 3.63) is 35.7 Å². The Morgan fingerprint density at radius 3 is 1.97 bits per heavy atom. The minimum Gasteiger partial charge on any atom is -0.384 e. The van der Waals surface area contributed by atoms with Gasteiger partial charge in [-0.3, -0.25) is 9.59 Å². The lowest BCUT2D eigenvalue weighted by atomic mass is 10.4. The number of hydrogen-bond donors (Lipinski definition) is 4. The van der Waals surface area contributed by atoms with Crippen LogP contribution in [0.4, 0.5) is 23.3 Å². The highest BCUT2D eigenvalue weighted by Crippen LogP contribution is 2.27. The van der Waals surface area contributed by atoms with Crippen molar-refractivity contribution in [3.8, 4) is 0 Å². The molecule has 0 amide bonds. The molecule has 0 atom stereocenters. The van der Waals surface area contributed by atoms with Crippen LogP contribution in [0.2, 0.25) is 0 Å². The van der Waals surface area contributed by atoms with Crippen molar-refractivity contribution in [2.24, 2.45) is 5.11 Å². The van der Waals surface area contributed by atoms with Crippen LogP contribution in [0.3, 0.4) is 0 Å². The van der Waals surface area contributed by atoms with E-state index in [0.717, 1.165) is 37.8 Å². The molecule has 2 fully saturated rings. The quantitative estimate of drug-likeness (QED) is 0.181. The lowest BCUT2D eigenvalue weighted by molar-refractivity contribution is 0.111. The molecular formula is C20H21N12O2+. The van der Waals surface area contributed by atoms with Crippen molar-refractivity contribution in [1.29, 1.82) is 5.53 Å². The second kappa shape index (κ2) is 8.67. The predicted octanol–water partition coefficient (Wildman–Crippen LogP) is 2.00. The number of aromatic nitrogens is 6. The minimum absolute atomic E-state index is 0.282. The van der Waals surface area contributed by atoms with Gasteiger partial charge in [0.1, 0.15) is 23.0 Å². The van der Waals surface area contributed by atoms with Crippen LogP contribution in [0.15, 0.2) is 29.6 Å². The number of rotatable bonds is 7. The van der Waals surface area contributed by atoms with Gasteiger partial charge in [0.2, 0.25) is 10.7 Å². The second-order valence-corrected chi connectivity index (χ2v) is 8.01. The molecule has 14 nitrogen and oxygen atoms in total. The SMILES string of the molecule is N=[N+]=Nc1cc(NC2CC2)n2ncc(C=O)c2n1.Nc1cc(NC2CC2)n2ncc(C=O)c2n1. The summed E-state index contributed by atoms with van der Waals surface area (Å²) in [6, 6.07) is 4.31. The van der Waals surface area contributed by atoms with Crippen LogP contribution >= 0.6 is 0 Å². The Kier molecular flexibility index (Phi) is 5.40. The number of nitrogen functional groups attached to an aromatic ring is 1. The molecule has 14 heteroatoms. The summed E-state index contributed by atoms with van der Waals surface area (Å²) in [4.78, 5) is 32.9. The van der Waals surface area contributed by atoms with Crippen LogP contribution in [0, 0.1) is 5.53 Å². The Bertz CT molecular complexity index is 1440. The summed E-state index contributed by atoms with van der Waals surface area (Å²) in [5, 5.41) is 18.4. The number of nitrogens with zero attached hydrogens (tertiary/aromatic N) is 8. The van der Waals surface area contributed by atoms with E-state index < -0.39 is 0 Å². The number of aldehydes is 2. The largest absolute Gasteiger partial charge is 0.384 e. The van der Waals surface area contributed by atoms with Crippen molar-refractivity contribution in [2.45, 2.75) is 37.8 Å². The van der Waals surface area contributed by atoms with E-state index in [-0.39, 0.29) is 5.82 Å². The molecule has 5 N–H and O–H groups in total. The van der Waals surface area contributed by atoms with Crippen molar-refractivity contribution in [3.63, 3.8) is 0 Å². The lowest BCUT2D eigenvalue weighted by Gasteiger charge is -2.07. The van der Waals surface area contributed by atoms with Crippen LogP contribution in [0.5, 0.6) is 0 Å². The predicted molar refractivity (Wildman–Crippen MR) is 121 cm³/mol. The van der Waals surface area contributed by atoms with E-state index in [4.69, 9.17) is 11.3 Å². The van der Waals surface area contributed by atoms with Crippen LogP contribution in [-0.2, 0) is 0 Å². The molecule has 2 aliphatic rings. The zero-order valence-electron chi connectivity index (χ0n) is 17.9. The molecule has 4 aromatic heterocycles. The van der Waals surface area contributed by atoms with Crippen molar-refractivity contribution in [1.82, 2.24) is 34.1 Å². The van der Waals surface area contributed by atoms with Gasteiger partial charge < -0.3 is 16.4 Å². The number of anilines is 3. The third-order valence-electron chi connectivity index (χ3n) is 5.27. The Hall–Kier alpha value is -4.71. The second-order valence-electron chi connectivity index (χ2n) is 8.01. The minimum atomic E-state index is 0.282. The van der Waals surface area contributed by atoms with Gasteiger partial charge in [-0.1, -0.05) is 0 Å². The number of hydrogen-bond acceptors (Lipinski definition) is 11. The van der Waals surface area contributed by atoms with Gasteiger partial charge in [-0.25, -0.2) is 9.97 Å². The zero-order chi connectivity index (χ0) is 23.7. The van der Waals surface area contributed by atoms with E-state index >= 15 is 0 Å². The van der Waals surface area contributed by atoms with Gasteiger partial charge in [-0.2, -0.15) is 19.2 Å².